The maximum Gasteiger partial charge on any atom is 0.309 e. The highest BCUT2D eigenvalue weighted by Crippen LogP contribution is 2.48. The van der Waals surface area contributed by atoms with E-state index in [2.05, 4.69) is 4.90 Å². The highest BCUT2D eigenvalue weighted by Gasteiger charge is 2.43. The largest absolute Gasteiger partial charge is 0.464 e. The molecule has 18 heavy (non-hydrogen) atoms. The van der Waals surface area contributed by atoms with Gasteiger partial charge in [0.1, 0.15) is 6.61 Å². The molecule has 3 unspecified atom stereocenters. The smallest absolute Gasteiger partial charge is 0.309 e. The molecule has 0 N–H and O–H groups in total. The van der Waals surface area contributed by atoms with Crippen LogP contribution >= 0.6 is 0 Å². The minimum atomic E-state index is 0.0965. The van der Waals surface area contributed by atoms with Crippen molar-refractivity contribution in [2.75, 3.05) is 26.2 Å². The van der Waals surface area contributed by atoms with Crippen LogP contribution in [-0.4, -0.2) is 37.1 Å². The number of likely N-dealkylation sites (tertiary alicyclic amines) is 1. The Balaban J connectivity index is 1.36. The van der Waals surface area contributed by atoms with Crippen molar-refractivity contribution in [3.8, 4) is 0 Å². The Morgan fingerprint density at radius 1 is 1.11 bits per heavy atom. The number of piperidine rings is 1. The Morgan fingerprint density at radius 2 is 1.94 bits per heavy atom. The number of fused-ring (bicyclic) bond motifs is 2. The van der Waals surface area contributed by atoms with Gasteiger partial charge >= 0.3 is 5.97 Å². The molecule has 0 amide bonds. The molecular formula is C15H25NO2. The average Bonchev–Trinajstić information content (AvgIpc) is 3.02. The maximum atomic E-state index is 12.0. The fourth-order valence-corrected chi connectivity index (χ4v) is 4.10. The number of carbonyl (C=O) groups excluding carboxylic acids is 1. The van der Waals surface area contributed by atoms with Gasteiger partial charge in [-0.2, -0.15) is 0 Å². The third-order valence-electron chi connectivity index (χ3n) is 5.14. The van der Waals surface area contributed by atoms with Gasteiger partial charge in [-0.15, -0.1) is 0 Å². The van der Waals surface area contributed by atoms with Gasteiger partial charge in [-0.25, -0.2) is 0 Å². The first-order chi connectivity index (χ1) is 8.83. The summed E-state index contributed by atoms with van der Waals surface area (Å²) in [6.07, 6.45) is 8.97. The summed E-state index contributed by atoms with van der Waals surface area (Å²) in [5.41, 5.74) is 0. The molecule has 102 valence electrons. The van der Waals surface area contributed by atoms with E-state index in [1.165, 1.54) is 51.6 Å². The topological polar surface area (TPSA) is 29.5 Å². The van der Waals surface area contributed by atoms with Crippen LogP contribution in [0, 0.1) is 17.8 Å². The maximum absolute atomic E-state index is 12.0. The van der Waals surface area contributed by atoms with Crippen LogP contribution < -0.4 is 0 Å². The molecule has 2 bridgehead atoms. The Labute approximate surface area is 110 Å². The summed E-state index contributed by atoms with van der Waals surface area (Å²) < 4.78 is 5.50. The summed E-state index contributed by atoms with van der Waals surface area (Å²) in [6, 6.07) is 0. The molecule has 3 rings (SSSR count). The first-order valence-corrected chi connectivity index (χ1v) is 7.72. The molecule has 2 saturated carbocycles. The molecule has 1 heterocycles. The van der Waals surface area contributed by atoms with E-state index in [1.807, 2.05) is 0 Å². The van der Waals surface area contributed by atoms with Gasteiger partial charge in [0.05, 0.1) is 5.92 Å². The van der Waals surface area contributed by atoms with Crippen LogP contribution in [0.15, 0.2) is 0 Å². The lowest BCUT2D eigenvalue weighted by atomic mass is 9.89. The zero-order valence-corrected chi connectivity index (χ0v) is 11.3. The number of ether oxygens (including phenoxy) is 1. The standard InChI is InChI=1S/C15H25NO2/c17-15(14-11-12-4-5-13(14)10-12)18-9-8-16-6-2-1-3-7-16/h12-14H,1-11H2. The molecule has 1 aliphatic heterocycles. The molecule has 0 radical (unpaired) electrons. The fraction of sp³-hybridized carbons (Fsp3) is 0.933. The van der Waals surface area contributed by atoms with Crippen molar-refractivity contribution in [1.29, 1.82) is 0 Å². The zero-order valence-electron chi connectivity index (χ0n) is 11.3. The van der Waals surface area contributed by atoms with Crippen molar-refractivity contribution in [2.45, 2.75) is 44.9 Å². The van der Waals surface area contributed by atoms with Crippen molar-refractivity contribution in [1.82, 2.24) is 4.90 Å². The molecule has 3 fully saturated rings. The second-order valence-corrected chi connectivity index (χ2v) is 6.35. The lowest BCUT2D eigenvalue weighted by molar-refractivity contribution is -0.150. The number of esters is 1. The van der Waals surface area contributed by atoms with E-state index in [-0.39, 0.29) is 11.9 Å². The van der Waals surface area contributed by atoms with Crippen molar-refractivity contribution in [3.05, 3.63) is 0 Å². The molecule has 0 spiro atoms. The molecule has 1 saturated heterocycles. The van der Waals surface area contributed by atoms with E-state index in [1.54, 1.807) is 0 Å². The summed E-state index contributed by atoms with van der Waals surface area (Å²) in [5.74, 6) is 1.82. The van der Waals surface area contributed by atoms with Crippen LogP contribution in [0.1, 0.15) is 44.9 Å². The average molecular weight is 251 g/mol. The van der Waals surface area contributed by atoms with E-state index in [9.17, 15) is 4.79 Å². The number of hydrogen-bond acceptors (Lipinski definition) is 3. The minimum Gasteiger partial charge on any atom is -0.464 e. The van der Waals surface area contributed by atoms with Gasteiger partial charge in [0.2, 0.25) is 0 Å². The Hall–Kier alpha value is -0.570. The van der Waals surface area contributed by atoms with Crippen molar-refractivity contribution < 1.29 is 9.53 Å². The summed E-state index contributed by atoms with van der Waals surface area (Å²) in [7, 11) is 0. The molecular weight excluding hydrogens is 226 g/mol. The molecule has 2 aliphatic carbocycles. The molecule has 0 aromatic carbocycles. The highest BCUT2D eigenvalue weighted by atomic mass is 16.5. The van der Waals surface area contributed by atoms with Gasteiger partial charge in [0.15, 0.2) is 0 Å². The van der Waals surface area contributed by atoms with Crippen molar-refractivity contribution in [3.63, 3.8) is 0 Å². The monoisotopic (exact) mass is 251 g/mol. The molecule has 3 aliphatic rings. The van der Waals surface area contributed by atoms with Gasteiger partial charge in [-0.1, -0.05) is 12.8 Å². The molecule has 0 aromatic heterocycles. The third kappa shape index (κ3) is 2.71. The van der Waals surface area contributed by atoms with Gasteiger partial charge in [-0.05, 0) is 57.0 Å². The third-order valence-corrected chi connectivity index (χ3v) is 5.14. The van der Waals surface area contributed by atoms with E-state index in [0.717, 1.165) is 18.9 Å². The second-order valence-electron chi connectivity index (χ2n) is 6.35. The number of rotatable bonds is 4. The number of nitrogens with zero attached hydrogens (tertiary/aromatic N) is 1. The lowest BCUT2D eigenvalue weighted by Crippen LogP contribution is -2.34. The number of carbonyl (C=O) groups is 1. The Morgan fingerprint density at radius 3 is 2.61 bits per heavy atom. The summed E-state index contributed by atoms with van der Waals surface area (Å²) in [4.78, 5) is 14.5. The fourth-order valence-electron chi connectivity index (χ4n) is 4.10. The predicted molar refractivity (Wildman–Crippen MR) is 70.2 cm³/mol. The predicted octanol–water partition coefficient (Wildman–Crippen LogP) is 2.45. The zero-order chi connectivity index (χ0) is 12.4. The number of hydrogen-bond donors (Lipinski definition) is 0. The molecule has 3 heteroatoms. The Kier molecular flexibility index (Phi) is 3.88. The first-order valence-electron chi connectivity index (χ1n) is 7.72. The minimum absolute atomic E-state index is 0.0965. The van der Waals surface area contributed by atoms with E-state index >= 15 is 0 Å². The Bertz CT molecular complexity index is 299. The second kappa shape index (κ2) is 5.60. The van der Waals surface area contributed by atoms with Crippen LogP contribution in [0.4, 0.5) is 0 Å². The summed E-state index contributed by atoms with van der Waals surface area (Å²) >= 11 is 0. The van der Waals surface area contributed by atoms with Gasteiger partial charge in [-0.3, -0.25) is 9.69 Å². The van der Waals surface area contributed by atoms with E-state index in [0.29, 0.717) is 12.5 Å². The summed E-state index contributed by atoms with van der Waals surface area (Å²) in [5, 5.41) is 0. The van der Waals surface area contributed by atoms with Gasteiger partial charge in [0.25, 0.3) is 0 Å². The van der Waals surface area contributed by atoms with E-state index in [4.69, 9.17) is 4.74 Å². The lowest BCUT2D eigenvalue weighted by Gasteiger charge is -2.26. The SMILES string of the molecule is O=C(OCCN1CCCCC1)C1CC2CCC1C2. The van der Waals surface area contributed by atoms with Crippen LogP contribution in [0.25, 0.3) is 0 Å². The van der Waals surface area contributed by atoms with E-state index < -0.39 is 0 Å². The van der Waals surface area contributed by atoms with Gasteiger partial charge in [0, 0.05) is 6.54 Å². The van der Waals surface area contributed by atoms with Crippen LogP contribution in [0.2, 0.25) is 0 Å². The molecule has 0 aromatic rings. The van der Waals surface area contributed by atoms with Crippen LogP contribution in [-0.2, 0) is 9.53 Å². The van der Waals surface area contributed by atoms with Crippen LogP contribution in [0.3, 0.4) is 0 Å². The van der Waals surface area contributed by atoms with Crippen molar-refractivity contribution >= 4 is 5.97 Å². The van der Waals surface area contributed by atoms with Gasteiger partial charge < -0.3 is 4.74 Å². The summed E-state index contributed by atoms with van der Waals surface area (Å²) in [6.45, 7) is 3.91. The quantitative estimate of drug-likeness (QED) is 0.719. The van der Waals surface area contributed by atoms with Crippen LogP contribution in [0.5, 0.6) is 0 Å². The normalized spacial score (nSPS) is 35.9. The molecule has 3 nitrogen and oxygen atoms in total. The first kappa shape index (κ1) is 12.5. The highest BCUT2D eigenvalue weighted by molar-refractivity contribution is 5.73. The van der Waals surface area contributed by atoms with Crippen molar-refractivity contribution in [2.24, 2.45) is 17.8 Å². The molecule has 3 atom stereocenters.